The summed E-state index contributed by atoms with van der Waals surface area (Å²) in [6, 6.07) is 7.17. The molecule has 102 valence electrons. The fraction of sp³-hybridized carbons (Fsp3) is 0.286. The largest absolute Gasteiger partial charge is 0.481 e. The van der Waals surface area contributed by atoms with Gasteiger partial charge in [-0.05, 0) is 31.0 Å². The lowest BCUT2D eigenvalue weighted by Crippen LogP contribution is -2.24. The van der Waals surface area contributed by atoms with Crippen LogP contribution in [0.3, 0.4) is 0 Å². The van der Waals surface area contributed by atoms with Crippen molar-refractivity contribution in [2.45, 2.75) is 26.3 Å². The van der Waals surface area contributed by atoms with Crippen molar-refractivity contribution in [1.29, 1.82) is 0 Å². The van der Waals surface area contributed by atoms with Crippen LogP contribution in [0, 0.1) is 0 Å². The summed E-state index contributed by atoms with van der Waals surface area (Å²) < 4.78 is 0. The van der Waals surface area contributed by atoms with Gasteiger partial charge >= 0.3 is 5.97 Å². The molecule has 0 aromatic heterocycles. The van der Waals surface area contributed by atoms with Crippen molar-refractivity contribution in [2.75, 3.05) is 0 Å². The summed E-state index contributed by atoms with van der Waals surface area (Å²) >= 11 is 5.77. The van der Waals surface area contributed by atoms with Crippen molar-refractivity contribution < 1.29 is 14.7 Å². The first-order valence-corrected chi connectivity index (χ1v) is 6.30. The van der Waals surface area contributed by atoms with Crippen LogP contribution in [0.25, 0.3) is 0 Å². The maximum Gasteiger partial charge on any atom is 0.303 e. The summed E-state index contributed by atoms with van der Waals surface area (Å²) in [7, 11) is 0. The Morgan fingerprint density at radius 1 is 1.26 bits per heavy atom. The Morgan fingerprint density at radius 2 is 1.89 bits per heavy atom. The second-order valence-corrected chi connectivity index (χ2v) is 4.45. The number of rotatable bonds is 6. The van der Waals surface area contributed by atoms with Crippen molar-refractivity contribution in [3.05, 3.63) is 46.5 Å². The van der Waals surface area contributed by atoms with Crippen LogP contribution in [0.2, 0.25) is 5.02 Å². The van der Waals surface area contributed by atoms with Crippen LogP contribution in [-0.4, -0.2) is 17.0 Å². The molecular formula is C14H16ClNO3. The van der Waals surface area contributed by atoms with Crippen LogP contribution in [0.5, 0.6) is 0 Å². The monoisotopic (exact) mass is 281 g/mol. The Balaban J connectivity index is 2.49. The Labute approximate surface area is 117 Å². The summed E-state index contributed by atoms with van der Waals surface area (Å²) in [4.78, 5) is 22.3. The normalized spacial score (nSPS) is 11.2. The highest BCUT2D eigenvalue weighted by Gasteiger charge is 2.09. The van der Waals surface area contributed by atoms with Gasteiger partial charge in [-0.25, -0.2) is 0 Å². The first kappa shape index (κ1) is 15.2. The van der Waals surface area contributed by atoms with E-state index in [1.54, 1.807) is 25.1 Å². The molecule has 0 aliphatic rings. The van der Waals surface area contributed by atoms with E-state index < -0.39 is 5.97 Å². The van der Waals surface area contributed by atoms with E-state index in [4.69, 9.17) is 16.7 Å². The van der Waals surface area contributed by atoms with Crippen molar-refractivity contribution in [1.82, 2.24) is 5.32 Å². The third-order valence-corrected chi connectivity index (χ3v) is 2.87. The number of hydrogen-bond donors (Lipinski definition) is 2. The number of benzene rings is 1. The number of hydrogen-bond acceptors (Lipinski definition) is 2. The molecule has 0 unspecified atom stereocenters. The molecule has 0 aliphatic heterocycles. The topological polar surface area (TPSA) is 66.4 Å². The molecule has 0 spiro atoms. The van der Waals surface area contributed by atoms with E-state index in [2.05, 4.69) is 5.32 Å². The third-order valence-electron chi connectivity index (χ3n) is 2.61. The highest BCUT2D eigenvalue weighted by molar-refractivity contribution is 6.30. The Hall–Kier alpha value is -1.81. The van der Waals surface area contributed by atoms with E-state index in [1.807, 2.05) is 12.1 Å². The van der Waals surface area contributed by atoms with Crippen LogP contribution in [-0.2, 0) is 16.1 Å². The molecule has 1 aromatic rings. The molecule has 0 aliphatic carbocycles. The zero-order chi connectivity index (χ0) is 14.3. The quantitative estimate of drug-likeness (QED) is 0.788. The van der Waals surface area contributed by atoms with Crippen LogP contribution in [0.4, 0.5) is 0 Å². The highest BCUT2D eigenvalue weighted by atomic mass is 35.5. The predicted molar refractivity (Wildman–Crippen MR) is 73.9 cm³/mol. The van der Waals surface area contributed by atoms with Crippen LogP contribution >= 0.6 is 11.6 Å². The van der Waals surface area contributed by atoms with Gasteiger partial charge in [0, 0.05) is 23.6 Å². The van der Waals surface area contributed by atoms with E-state index in [-0.39, 0.29) is 18.7 Å². The molecular weight excluding hydrogens is 266 g/mol. The third kappa shape index (κ3) is 5.57. The number of carbonyl (C=O) groups excluding carboxylic acids is 1. The molecule has 4 nitrogen and oxygen atoms in total. The van der Waals surface area contributed by atoms with E-state index in [1.165, 1.54) is 0 Å². The Kier molecular flexibility index (Phi) is 6.09. The van der Waals surface area contributed by atoms with Gasteiger partial charge in [0.1, 0.15) is 0 Å². The maximum absolute atomic E-state index is 11.8. The number of amides is 1. The summed E-state index contributed by atoms with van der Waals surface area (Å²) in [5, 5.41) is 12.0. The van der Waals surface area contributed by atoms with Gasteiger partial charge < -0.3 is 10.4 Å². The van der Waals surface area contributed by atoms with Crippen LogP contribution in [0.15, 0.2) is 35.9 Å². The average Bonchev–Trinajstić information content (AvgIpc) is 2.38. The summed E-state index contributed by atoms with van der Waals surface area (Å²) in [5.74, 6) is -1.15. The van der Waals surface area contributed by atoms with Crippen molar-refractivity contribution in [3.8, 4) is 0 Å². The maximum atomic E-state index is 11.8. The zero-order valence-corrected chi connectivity index (χ0v) is 11.4. The molecule has 2 N–H and O–H groups in total. The number of carbonyl (C=O) groups is 2. The molecule has 19 heavy (non-hydrogen) atoms. The lowest BCUT2D eigenvalue weighted by atomic mass is 10.1. The first-order valence-electron chi connectivity index (χ1n) is 5.92. The molecule has 0 radical (unpaired) electrons. The van der Waals surface area contributed by atoms with Crippen LogP contribution < -0.4 is 5.32 Å². The Bertz CT molecular complexity index is 480. The van der Waals surface area contributed by atoms with E-state index in [0.29, 0.717) is 17.1 Å². The van der Waals surface area contributed by atoms with Crippen LogP contribution in [0.1, 0.15) is 25.3 Å². The smallest absolute Gasteiger partial charge is 0.303 e. The van der Waals surface area contributed by atoms with Gasteiger partial charge in [-0.3, -0.25) is 9.59 Å². The lowest BCUT2D eigenvalue weighted by Gasteiger charge is -2.08. The predicted octanol–water partition coefficient (Wildman–Crippen LogP) is 2.77. The van der Waals surface area contributed by atoms with Crippen molar-refractivity contribution in [3.63, 3.8) is 0 Å². The standard InChI is InChI=1S/C14H16ClNO3/c1-2-11(5-8-13(17)18)14(19)16-9-10-3-6-12(15)7-4-10/h2-4,6-7H,5,8-9H2,1H3,(H,16,19)(H,17,18)/b11-2-. The molecule has 1 amide bonds. The fourth-order valence-corrected chi connectivity index (χ4v) is 1.65. The zero-order valence-electron chi connectivity index (χ0n) is 10.6. The summed E-state index contributed by atoms with van der Waals surface area (Å²) in [6.45, 7) is 2.11. The van der Waals surface area contributed by atoms with Gasteiger partial charge in [-0.2, -0.15) is 0 Å². The molecule has 0 atom stereocenters. The SMILES string of the molecule is C/C=C(/CCC(=O)O)C(=O)NCc1ccc(Cl)cc1. The first-order chi connectivity index (χ1) is 9.02. The number of allylic oxidation sites excluding steroid dienone is 1. The number of carboxylic acids is 1. The fourth-order valence-electron chi connectivity index (χ4n) is 1.53. The van der Waals surface area contributed by atoms with Crippen molar-refractivity contribution in [2.24, 2.45) is 0 Å². The summed E-state index contributed by atoms with van der Waals surface area (Å²) in [5.41, 5.74) is 1.42. The number of aliphatic carboxylic acids is 1. The highest BCUT2D eigenvalue weighted by Crippen LogP contribution is 2.10. The van der Waals surface area contributed by atoms with Gasteiger partial charge in [0.15, 0.2) is 0 Å². The molecule has 1 aromatic carbocycles. The molecule has 0 heterocycles. The van der Waals surface area contributed by atoms with Gasteiger partial charge in [0.05, 0.1) is 0 Å². The molecule has 1 rings (SSSR count). The average molecular weight is 282 g/mol. The number of nitrogens with one attached hydrogen (secondary N) is 1. The second-order valence-electron chi connectivity index (χ2n) is 4.02. The lowest BCUT2D eigenvalue weighted by molar-refractivity contribution is -0.136. The molecule has 0 saturated heterocycles. The minimum Gasteiger partial charge on any atom is -0.481 e. The van der Waals surface area contributed by atoms with E-state index >= 15 is 0 Å². The number of carboxylic acid groups (broad SMARTS) is 1. The molecule has 5 heteroatoms. The van der Waals surface area contributed by atoms with Crippen molar-refractivity contribution >= 4 is 23.5 Å². The molecule has 0 saturated carbocycles. The second kappa shape index (κ2) is 7.59. The van der Waals surface area contributed by atoms with E-state index in [0.717, 1.165) is 5.56 Å². The van der Waals surface area contributed by atoms with Gasteiger partial charge in [0.2, 0.25) is 5.91 Å². The van der Waals surface area contributed by atoms with Gasteiger partial charge in [-0.15, -0.1) is 0 Å². The molecule has 0 fully saturated rings. The van der Waals surface area contributed by atoms with E-state index in [9.17, 15) is 9.59 Å². The van der Waals surface area contributed by atoms with Gasteiger partial charge in [0.25, 0.3) is 0 Å². The minimum absolute atomic E-state index is 0.0476. The summed E-state index contributed by atoms with van der Waals surface area (Å²) in [6.07, 6.45) is 1.83. The minimum atomic E-state index is -0.912. The number of halogens is 1. The van der Waals surface area contributed by atoms with Gasteiger partial charge in [-0.1, -0.05) is 29.8 Å². The Morgan fingerprint density at radius 3 is 2.42 bits per heavy atom. The molecule has 0 bridgehead atoms.